The van der Waals surface area contributed by atoms with Crippen LogP contribution >= 0.6 is 0 Å². The average Bonchev–Trinajstić information content (AvgIpc) is 3.31. The number of hydrogen-bond acceptors (Lipinski definition) is 4. The van der Waals surface area contributed by atoms with Crippen LogP contribution in [-0.4, -0.2) is 24.9 Å². The van der Waals surface area contributed by atoms with Crippen molar-refractivity contribution < 1.29 is 9.53 Å². The van der Waals surface area contributed by atoms with E-state index in [1.807, 2.05) is 38.2 Å². The van der Waals surface area contributed by atoms with Gasteiger partial charge in [0.05, 0.1) is 17.0 Å². The van der Waals surface area contributed by atoms with Crippen molar-refractivity contribution in [2.75, 3.05) is 0 Å². The van der Waals surface area contributed by atoms with Gasteiger partial charge in [-0.25, -0.2) is 9.97 Å². The van der Waals surface area contributed by atoms with Crippen molar-refractivity contribution in [1.82, 2.24) is 18.9 Å². The summed E-state index contributed by atoms with van der Waals surface area (Å²) in [5.74, 6) is 1.28. The Kier molecular flexibility index (Phi) is 6.49. The fraction of sp³-hybridized carbons (Fsp3) is 0.500. The number of carbonyl (C=O) groups excluding carboxylic acids is 1. The lowest BCUT2D eigenvalue weighted by molar-refractivity contribution is -0.137. The maximum absolute atomic E-state index is 12.5. The van der Waals surface area contributed by atoms with Gasteiger partial charge in [-0.3, -0.25) is 9.20 Å². The van der Waals surface area contributed by atoms with E-state index in [9.17, 15) is 4.79 Å². The molecule has 0 amide bonds. The number of rotatable bonds is 9. The smallest absolute Gasteiger partial charge is 0.313 e. The van der Waals surface area contributed by atoms with Crippen LogP contribution in [0.3, 0.4) is 0 Å². The molecule has 0 aliphatic carbocycles. The van der Waals surface area contributed by atoms with Crippen LogP contribution in [0.15, 0.2) is 30.5 Å². The number of benzene rings is 1. The van der Waals surface area contributed by atoms with Gasteiger partial charge in [0.2, 0.25) is 0 Å². The SMILES string of the molecule is CCCCCCCn1cc(OC(=O)C(C)C)c2c1nc(C(C)C)n1c3ccccc3nc21. The Bertz CT molecular complexity index is 1250. The molecule has 0 unspecified atom stereocenters. The van der Waals surface area contributed by atoms with E-state index in [1.54, 1.807) is 0 Å². The number of esters is 1. The van der Waals surface area contributed by atoms with Crippen molar-refractivity contribution >= 4 is 33.7 Å². The number of imidazole rings is 1. The van der Waals surface area contributed by atoms with Crippen LogP contribution in [0.4, 0.5) is 0 Å². The minimum atomic E-state index is -0.241. The molecule has 0 saturated heterocycles. The number of para-hydroxylation sites is 2. The lowest BCUT2D eigenvalue weighted by Gasteiger charge is -2.12. The first-order valence-electron chi connectivity index (χ1n) is 11.9. The highest BCUT2D eigenvalue weighted by Gasteiger charge is 2.24. The molecule has 3 aromatic heterocycles. The highest BCUT2D eigenvalue weighted by atomic mass is 16.5. The van der Waals surface area contributed by atoms with Crippen molar-refractivity contribution in [1.29, 1.82) is 0 Å². The van der Waals surface area contributed by atoms with Crippen molar-refractivity contribution in [3.63, 3.8) is 0 Å². The summed E-state index contributed by atoms with van der Waals surface area (Å²) in [4.78, 5) is 22.6. The molecule has 170 valence electrons. The number of nitrogens with zero attached hydrogens (tertiary/aromatic N) is 4. The normalized spacial score (nSPS) is 12.1. The molecule has 0 aliphatic rings. The summed E-state index contributed by atoms with van der Waals surface area (Å²) >= 11 is 0. The van der Waals surface area contributed by atoms with Gasteiger partial charge in [-0.15, -0.1) is 0 Å². The van der Waals surface area contributed by atoms with Crippen molar-refractivity contribution in [3.8, 4) is 5.75 Å². The molecule has 1 aromatic carbocycles. The molecule has 0 saturated carbocycles. The van der Waals surface area contributed by atoms with Gasteiger partial charge in [0, 0.05) is 18.7 Å². The second kappa shape index (κ2) is 9.31. The Hall–Kier alpha value is -2.89. The van der Waals surface area contributed by atoms with Crippen LogP contribution in [0.1, 0.15) is 78.5 Å². The molecule has 0 aliphatic heterocycles. The third-order valence-electron chi connectivity index (χ3n) is 5.95. The topological polar surface area (TPSA) is 61.4 Å². The predicted octanol–water partition coefficient (Wildman–Crippen LogP) is 6.49. The third kappa shape index (κ3) is 4.10. The molecule has 0 bridgehead atoms. The van der Waals surface area contributed by atoms with Gasteiger partial charge in [0.15, 0.2) is 11.4 Å². The second-order valence-corrected chi connectivity index (χ2v) is 9.26. The van der Waals surface area contributed by atoms with Crippen LogP contribution in [0.5, 0.6) is 5.75 Å². The Morgan fingerprint density at radius 3 is 2.47 bits per heavy atom. The molecule has 0 radical (unpaired) electrons. The molecule has 6 heteroatoms. The van der Waals surface area contributed by atoms with E-state index in [1.165, 1.54) is 25.7 Å². The number of fused-ring (bicyclic) bond motifs is 5. The van der Waals surface area contributed by atoms with Gasteiger partial charge in [-0.2, -0.15) is 0 Å². The van der Waals surface area contributed by atoms with Gasteiger partial charge >= 0.3 is 5.97 Å². The van der Waals surface area contributed by atoms with Gasteiger partial charge in [0.25, 0.3) is 0 Å². The summed E-state index contributed by atoms with van der Waals surface area (Å²) in [5.41, 5.74) is 3.58. The van der Waals surface area contributed by atoms with Crippen molar-refractivity contribution in [3.05, 3.63) is 36.3 Å². The molecule has 32 heavy (non-hydrogen) atoms. The minimum absolute atomic E-state index is 0.208. The first-order valence-corrected chi connectivity index (χ1v) is 11.9. The van der Waals surface area contributed by atoms with Gasteiger partial charge < -0.3 is 9.30 Å². The first kappa shape index (κ1) is 22.3. The molecule has 4 aromatic rings. The third-order valence-corrected chi connectivity index (χ3v) is 5.95. The summed E-state index contributed by atoms with van der Waals surface area (Å²) in [6.07, 6.45) is 7.93. The highest BCUT2D eigenvalue weighted by Crippen LogP contribution is 2.35. The minimum Gasteiger partial charge on any atom is -0.424 e. The number of aromatic nitrogens is 4. The lowest BCUT2D eigenvalue weighted by atomic mass is 10.1. The van der Waals surface area contributed by atoms with Gasteiger partial charge in [0.1, 0.15) is 16.9 Å². The summed E-state index contributed by atoms with van der Waals surface area (Å²) in [5, 5.41) is 0.813. The summed E-state index contributed by atoms with van der Waals surface area (Å²) in [6, 6.07) is 8.10. The molecular formula is C26H34N4O2. The van der Waals surface area contributed by atoms with E-state index in [4.69, 9.17) is 14.7 Å². The molecular weight excluding hydrogens is 400 g/mol. The summed E-state index contributed by atoms with van der Waals surface area (Å²) in [6.45, 7) is 11.1. The molecule has 3 heterocycles. The van der Waals surface area contributed by atoms with Crippen LogP contribution < -0.4 is 4.74 Å². The molecule has 6 nitrogen and oxygen atoms in total. The number of aryl methyl sites for hydroxylation is 1. The number of unbranched alkanes of at least 4 members (excludes halogenated alkanes) is 4. The van der Waals surface area contributed by atoms with Crippen LogP contribution in [0.2, 0.25) is 0 Å². The first-order chi connectivity index (χ1) is 15.4. The second-order valence-electron chi connectivity index (χ2n) is 9.26. The fourth-order valence-corrected chi connectivity index (χ4v) is 4.18. The zero-order chi connectivity index (χ0) is 22.8. The Morgan fingerprint density at radius 2 is 1.75 bits per heavy atom. The van der Waals surface area contributed by atoms with E-state index >= 15 is 0 Å². The number of carbonyl (C=O) groups is 1. The van der Waals surface area contributed by atoms with Gasteiger partial charge in [-0.05, 0) is 18.6 Å². The zero-order valence-electron chi connectivity index (χ0n) is 19.9. The molecule has 4 rings (SSSR count). The van der Waals surface area contributed by atoms with E-state index in [0.717, 1.165) is 46.5 Å². The van der Waals surface area contributed by atoms with Crippen molar-refractivity contribution in [2.24, 2.45) is 5.92 Å². The summed E-state index contributed by atoms with van der Waals surface area (Å²) < 4.78 is 10.1. The average molecular weight is 435 g/mol. The zero-order valence-corrected chi connectivity index (χ0v) is 19.9. The van der Waals surface area contributed by atoms with Crippen LogP contribution in [0, 0.1) is 5.92 Å². The standard InChI is InChI=1S/C26H34N4O2/c1-6-7-8-9-12-15-29-16-21(32-26(31)18(4)5)22-24(29)28-23(17(2)3)30-20-14-11-10-13-19(20)27-25(22)30/h10-11,13-14,16-18H,6-9,12,15H2,1-5H3. The molecule has 0 atom stereocenters. The van der Waals surface area contributed by atoms with E-state index in [2.05, 4.69) is 35.8 Å². The van der Waals surface area contributed by atoms with E-state index < -0.39 is 0 Å². The number of ether oxygens (including phenoxy) is 1. The largest absolute Gasteiger partial charge is 0.424 e. The van der Waals surface area contributed by atoms with Gasteiger partial charge in [-0.1, -0.05) is 72.4 Å². The Labute approximate surface area is 189 Å². The monoisotopic (exact) mass is 434 g/mol. The molecule has 0 spiro atoms. The van der Waals surface area contributed by atoms with Crippen molar-refractivity contribution in [2.45, 2.75) is 79.2 Å². The highest BCUT2D eigenvalue weighted by molar-refractivity contribution is 6.01. The predicted molar refractivity (Wildman–Crippen MR) is 129 cm³/mol. The molecule has 0 fully saturated rings. The maximum atomic E-state index is 12.5. The Morgan fingerprint density at radius 1 is 1.00 bits per heavy atom. The molecule has 0 N–H and O–H groups in total. The quantitative estimate of drug-likeness (QED) is 0.223. The van der Waals surface area contributed by atoms with E-state index in [0.29, 0.717) is 5.75 Å². The van der Waals surface area contributed by atoms with E-state index in [-0.39, 0.29) is 17.8 Å². The maximum Gasteiger partial charge on any atom is 0.313 e. The lowest BCUT2D eigenvalue weighted by Crippen LogP contribution is -2.14. The Balaban J connectivity index is 1.92. The fourth-order valence-electron chi connectivity index (χ4n) is 4.18. The number of hydrogen-bond donors (Lipinski definition) is 0. The van der Waals surface area contributed by atoms with Crippen LogP contribution in [0.25, 0.3) is 27.7 Å². The summed E-state index contributed by atoms with van der Waals surface area (Å²) in [7, 11) is 0. The van der Waals surface area contributed by atoms with Crippen LogP contribution in [-0.2, 0) is 11.3 Å².